The molecule has 0 spiro atoms. The van der Waals surface area contributed by atoms with Crippen LogP contribution in [0.3, 0.4) is 0 Å². The molecule has 1 amide bonds. The summed E-state index contributed by atoms with van der Waals surface area (Å²) < 4.78 is 7.16. The first kappa shape index (κ1) is 25.7. The summed E-state index contributed by atoms with van der Waals surface area (Å²) in [6.07, 6.45) is 11.9. The lowest BCUT2D eigenvalue weighted by Crippen LogP contribution is -2.22. The van der Waals surface area contributed by atoms with Gasteiger partial charge in [-0.3, -0.25) is 9.48 Å². The molecule has 33 heavy (non-hydrogen) atoms. The summed E-state index contributed by atoms with van der Waals surface area (Å²) in [6, 6.07) is 3.96. The van der Waals surface area contributed by atoms with E-state index in [2.05, 4.69) is 40.6 Å². The van der Waals surface area contributed by atoms with E-state index in [4.69, 9.17) is 4.42 Å². The molecule has 2 N–H and O–H groups in total. The maximum Gasteiger partial charge on any atom is 0.261 e. The molecule has 2 atom stereocenters. The van der Waals surface area contributed by atoms with Gasteiger partial charge in [0, 0.05) is 24.7 Å². The summed E-state index contributed by atoms with van der Waals surface area (Å²) in [6.45, 7) is 10.4. The average molecular weight is 451 g/mol. The van der Waals surface area contributed by atoms with Crippen molar-refractivity contribution in [2.45, 2.75) is 59.9 Å². The van der Waals surface area contributed by atoms with Crippen molar-refractivity contribution in [3.05, 3.63) is 48.1 Å². The van der Waals surface area contributed by atoms with Crippen LogP contribution in [0.2, 0.25) is 0 Å². The van der Waals surface area contributed by atoms with Crippen molar-refractivity contribution in [1.29, 1.82) is 5.26 Å². The molecule has 3 aromatic rings. The lowest BCUT2D eigenvalue weighted by atomic mass is 9.97. The second kappa shape index (κ2) is 12.4. The minimum Gasteiger partial charge on any atom is -0.443 e. The van der Waals surface area contributed by atoms with Crippen molar-refractivity contribution >= 4 is 28.4 Å². The van der Waals surface area contributed by atoms with Crippen LogP contribution in [0.5, 0.6) is 0 Å². The third-order valence-corrected chi connectivity index (χ3v) is 5.26. The summed E-state index contributed by atoms with van der Waals surface area (Å²) in [5, 5.41) is 20.3. The standard InChI is InChI=1S/C23H28N6O2.C2H6/c1-5-7-8-16(9-15(3)6-2)27-21-10-18-20(13-25-21)31-19(11-24)22(18)23(30)28-17-12-26-29(4)14-17;1-2/h5,7,10,12-16H,6,8-9H2,1-4H3,(H,25,27)(H,28,30);1-2H3/b7-5-;. The molecule has 0 aliphatic rings. The van der Waals surface area contributed by atoms with Crippen molar-refractivity contribution in [3.8, 4) is 6.07 Å². The maximum atomic E-state index is 12.9. The number of hydrogen-bond donors (Lipinski definition) is 2. The van der Waals surface area contributed by atoms with Crippen LogP contribution in [-0.2, 0) is 7.05 Å². The fourth-order valence-corrected chi connectivity index (χ4v) is 3.44. The minimum absolute atomic E-state index is 0.0413. The van der Waals surface area contributed by atoms with Crippen LogP contribution in [-0.4, -0.2) is 26.7 Å². The SMILES string of the molecule is C/C=C\CC(CC(C)CC)Nc1cc2c(C(=O)Nc3cnn(C)c3)c(C#N)oc2cn1.CC. The van der Waals surface area contributed by atoms with Gasteiger partial charge in [-0.05, 0) is 31.7 Å². The van der Waals surface area contributed by atoms with Gasteiger partial charge in [-0.25, -0.2) is 4.98 Å². The minimum atomic E-state index is -0.425. The van der Waals surface area contributed by atoms with Crippen molar-refractivity contribution in [2.75, 3.05) is 10.6 Å². The molecule has 0 fully saturated rings. The smallest absolute Gasteiger partial charge is 0.261 e. The zero-order valence-electron chi connectivity index (χ0n) is 20.3. The largest absolute Gasteiger partial charge is 0.443 e. The Morgan fingerprint density at radius 1 is 1.36 bits per heavy atom. The van der Waals surface area contributed by atoms with Crippen LogP contribution in [0.15, 0.2) is 41.2 Å². The Morgan fingerprint density at radius 3 is 2.73 bits per heavy atom. The molecule has 3 rings (SSSR count). The molecule has 3 aromatic heterocycles. The number of amides is 1. The summed E-state index contributed by atoms with van der Waals surface area (Å²) in [5.74, 6) is 0.753. The van der Waals surface area contributed by atoms with E-state index in [9.17, 15) is 10.1 Å². The number of carbonyl (C=O) groups is 1. The van der Waals surface area contributed by atoms with E-state index in [0.29, 0.717) is 28.4 Å². The number of pyridine rings is 1. The van der Waals surface area contributed by atoms with E-state index in [1.54, 1.807) is 36.4 Å². The Kier molecular flexibility index (Phi) is 9.67. The molecule has 8 nitrogen and oxygen atoms in total. The predicted molar refractivity (Wildman–Crippen MR) is 132 cm³/mol. The normalized spacial score (nSPS) is 12.6. The van der Waals surface area contributed by atoms with Crippen molar-refractivity contribution in [2.24, 2.45) is 13.0 Å². The fourth-order valence-electron chi connectivity index (χ4n) is 3.44. The summed E-state index contributed by atoms with van der Waals surface area (Å²) in [5.41, 5.74) is 1.13. The van der Waals surface area contributed by atoms with E-state index in [0.717, 1.165) is 19.3 Å². The van der Waals surface area contributed by atoms with Crippen LogP contribution >= 0.6 is 0 Å². The van der Waals surface area contributed by atoms with E-state index in [1.165, 1.54) is 0 Å². The van der Waals surface area contributed by atoms with Crippen LogP contribution in [0, 0.1) is 17.2 Å². The van der Waals surface area contributed by atoms with Gasteiger partial charge in [0.1, 0.15) is 17.5 Å². The van der Waals surface area contributed by atoms with Crippen LogP contribution in [0.4, 0.5) is 11.5 Å². The monoisotopic (exact) mass is 450 g/mol. The second-order valence-electron chi connectivity index (χ2n) is 7.74. The van der Waals surface area contributed by atoms with Crippen molar-refractivity contribution in [1.82, 2.24) is 14.8 Å². The molecule has 176 valence electrons. The Morgan fingerprint density at radius 2 is 2.12 bits per heavy atom. The first-order chi connectivity index (χ1) is 15.9. The number of hydrogen-bond acceptors (Lipinski definition) is 6. The summed E-state index contributed by atoms with van der Waals surface area (Å²) >= 11 is 0. The number of aryl methyl sites for hydroxylation is 1. The number of nitrogens with zero attached hydrogens (tertiary/aromatic N) is 4. The Bertz CT molecular complexity index is 1120. The molecule has 0 aliphatic carbocycles. The van der Waals surface area contributed by atoms with Crippen LogP contribution < -0.4 is 10.6 Å². The molecule has 0 radical (unpaired) electrons. The van der Waals surface area contributed by atoms with Gasteiger partial charge >= 0.3 is 0 Å². The first-order valence-corrected chi connectivity index (χ1v) is 11.4. The van der Waals surface area contributed by atoms with Crippen LogP contribution in [0.25, 0.3) is 11.0 Å². The Labute approximate surface area is 195 Å². The van der Waals surface area contributed by atoms with E-state index in [1.807, 2.05) is 32.9 Å². The van der Waals surface area contributed by atoms with Gasteiger partial charge in [0.05, 0.1) is 18.1 Å². The maximum absolute atomic E-state index is 12.9. The summed E-state index contributed by atoms with van der Waals surface area (Å²) in [7, 11) is 1.76. The highest BCUT2D eigenvalue weighted by molar-refractivity contribution is 6.14. The first-order valence-electron chi connectivity index (χ1n) is 11.4. The lowest BCUT2D eigenvalue weighted by Gasteiger charge is -2.21. The highest BCUT2D eigenvalue weighted by Crippen LogP contribution is 2.28. The van der Waals surface area contributed by atoms with Gasteiger partial charge in [0.25, 0.3) is 5.91 Å². The number of nitrogens with one attached hydrogen (secondary N) is 2. The zero-order valence-corrected chi connectivity index (χ0v) is 20.3. The molecule has 0 bridgehead atoms. The highest BCUT2D eigenvalue weighted by atomic mass is 16.3. The molecular formula is C25H34N6O2. The fraction of sp³-hybridized carbons (Fsp3) is 0.440. The van der Waals surface area contributed by atoms with Crippen molar-refractivity contribution in [3.63, 3.8) is 0 Å². The van der Waals surface area contributed by atoms with Crippen LogP contribution in [0.1, 0.15) is 70.0 Å². The van der Waals surface area contributed by atoms with Gasteiger partial charge in [0.15, 0.2) is 5.58 Å². The number of carbonyl (C=O) groups excluding carboxylic acids is 1. The number of fused-ring (bicyclic) bond motifs is 1. The Balaban J connectivity index is 0.00000187. The molecule has 0 saturated carbocycles. The molecule has 0 aliphatic heterocycles. The summed E-state index contributed by atoms with van der Waals surface area (Å²) in [4.78, 5) is 17.4. The van der Waals surface area contributed by atoms with Gasteiger partial charge < -0.3 is 15.1 Å². The highest BCUT2D eigenvalue weighted by Gasteiger charge is 2.23. The number of nitriles is 1. The van der Waals surface area contributed by atoms with Gasteiger partial charge in [-0.2, -0.15) is 10.4 Å². The van der Waals surface area contributed by atoms with E-state index < -0.39 is 5.91 Å². The average Bonchev–Trinajstić information content (AvgIpc) is 3.40. The number of rotatable bonds is 9. The van der Waals surface area contributed by atoms with Crippen molar-refractivity contribution < 1.29 is 9.21 Å². The van der Waals surface area contributed by atoms with E-state index >= 15 is 0 Å². The molecule has 2 unspecified atom stereocenters. The topological polar surface area (TPSA) is 109 Å². The number of furan rings is 1. The molecule has 0 aromatic carbocycles. The third kappa shape index (κ3) is 6.69. The molecule has 8 heteroatoms. The van der Waals surface area contributed by atoms with Gasteiger partial charge in [0.2, 0.25) is 5.76 Å². The zero-order chi connectivity index (χ0) is 24.4. The van der Waals surface area contributed by atoms with E-state index in [-0.39, 0.29) is 17.4 Å². The number of allylic oxidation sites excluding steroid dienone is 1. The Hall–Kier alpha value is -3.60. The second-order valence-corrected chi connectivity index (χ2v) is 7.74. The lowest BCUT2D eigenvalue weighted by molar-refractivity contribution is 0.102. The number of aromatic nitrogens is 3. The van der Waals surface area contributed by atoms with Gasteiger partial charge in [-0.1, -0.05) is 46.3 Å². The molecular weight excluding hydrogens is 416 g/mol. The quantitative estimate of drug-likeness (QED) is 0.393. The predicted octanol–water partition coefficient (Wildman–Crippen LogP) is 5.89. The van der Waals surface area contributed by atoms with Gasteiger partial charge in [-0.15, -0.1) is 0 Å². The third-order valence-electron chi connectivity index (χ3n) is 5.26. The molecule has 3 heterocycles. The molecule has 0 saturated heterocycles. The number of anilines is 2.